The van der Waals surface area contributed by atoms with Gasteiger partial charge in [-0.1, -0.05) is 48.1 Å². The third kappa shape index (κ3) is 2.99. The molecule has 0 amide bonds. The van der Waals surface area contributed by atoms with Crippen molar-refractivity contribution in [3.63, 3.8) is 0 Å². The molecule has 96 valence electrons. The van der Waals surface area contributed by atoms with Crippen molar-refractivity contribution >= 4 is 62.1 Å². The molecular formula is C11H8BrCl3N2S. The summed E-state index contributed by atoms with van der Waals surface area (Å²) in [6, 6.07) is 1.86. The van der Waals surface area contributed by atoms with Crippen molar-refractivity contribution < 1.29 is 0 Å². The van der Waals surface area contributed by atoms with Gasteiger partial charge < -0.3 is 0 Å². The highest BCUT2D eigenvalue weighted by atomic mass is 79.9. The molecular weight excluding hydrogens is 378 g/mol. The minimum Gasteiger partial charge on any atom is -0.215 e. The average molecular weight is 387 g/mol. The SMILES string of the molecule is CCCc1c(Cl)nc(-c2cc(Br)c(Cl)s2)nc1Cl. The van der Waals surface area contributed by atoms with Crippen LogP contribution < -0.4 is 0 Å². The second-order valence-electron chi connectivity index (χ2n) is 3.59. The number of hydrogen-bond acceptors (Lipinski definition) is 3. The van der Waals surface area contributed by atoms with E-state index in [4.69, 9.17) is 34.8 Å². The van der Waals surface area contributed by atoms with E-state index in [1.807, 2.05) is 6.07 Å². The normalized spacial score (nSPS) is 10.9. The molecule has 18 heavy (non-hydrogen) atoms. The monoisotopic (exact) mass is 384 g/mol. The first-order chi connectivity index (χ1) is 8.52. The molecule has 2 aromatic heterocycles. The van der Waals surface area contributed by atoms with E-state index in [0.717, 1.165) is 27.8 Å². The lowest BCUT2D eigenvalue weighted by Crippen LogP contribution is -1.96. The van der Waals surface area contributed by atoms with Gasteiger partial charge in [-0.15, -0.1) is 11.3 Å². The lowest BCUT2D eigenvalue weighted by molar-refractivity contribution is 0.903. The van der Waals surface area contributed by atoms with Gasteiger partial charge in [0.15, 0.2) is 5.82 Å². The van der Waals surface area contributed by atoms with Crippen LogP contribution >= 0.6 is 62.1 Å². The molecule has 2 aromatic rings. The molecule has 7 heteroatoms. The molecule has 2 rings (SSSR count). The van der Waals surface area contributed by atoms with Crippen LogP contribution in [0.15, 0.2) is 10.5 Å². The van der Waals surface area contributed by atoms with Gasteiger partial charge in [-0.25, -0.2) is 9.97 Å². The maximum absolute atomic E-state index is 6.13. The van der Waals surface area contributed by atoms with Crippen molar-refractivity contribution in [2.75, 3.05) is 0 Å². The van der Waals surface area contributed by atoms with Gasteiger partial charge in [-0.05, 0) is 28.4 Å². The highest BCUT2D eigenvalue weighted by Crippen LogP contribution is 2.37. The Morgan fingerprint density at radius 2 is 1.83 bits per heavy atom. The molecule has 0 saturated heterocycles. The Kier molecular flexibility index (Phi) is 4.89. The summed E-state index contributed by atoms with van der Waals surface area (Å²) >= 11 is 23.0. The van der Waals surface area contributed by atoms with E-state index in [-0.39, 0.29) is 0 Å². The van der Waals surface area contributed by atoms with Crippen molar-refractivity contribution in [2.24, 2.45) is 0 Å². The second-order valence-corrected chi connectivity index (χ2v) is 6.81. The first kappa shape index (κ1) is 14.5. The van der Waals surface area contributed by atoms with Crippen LogP contribution in [0.4, 0.5) is 0 Å². The van der Waals surface area contributed by atoms with Crippen molar-refractivity contribution in [3.05, 3.63) is 30.7 Å². The number of nitrogens with zero attached hydrogens (tertiary/aromatic N) is 2. The molecule has 0 spiro atoms. The van der Waals surface area contributed by atoms with Crippen LogP contribution in [0.2, 0.25) is 14.6 Å². The molecule has 0 unspecified atom stereocenters. The topological polar surface area (TPSA) is 25.8 Å². The summed E-state index contributed by atoms with van der Waals surface area (Å²) in [6.45, 7) is 2.05. The van der Waals surface area contributed by atoms with Gasteiger partial charge in [0.2, 0.25) is 0 Å². The smallest absolute Gasteiger partial charge is 0.172 e. The van der Waals surface area contributed by atoms with Crippen molar-refractivity contribution in [1.82, 2.24) is 9.97 Å². The van der Waals surface area contributed by atoms with Crippen molar-refractivity contribution in [1.29, 1.82) is 0 Å². The van der Waals surface area contributed by atoms with Gasteiger partial charge in [-0.3, -0.25) is 0 Å². The van der Waals surface area contributed by atoms with Crippen LogP contribution in [-0.2, 0) is 6.42 Å². The Hall–Kier alpha value is 0.130. The third-order valence-corrected chi connectivity index (χ3v) is 5.37. The van der Waals surface area contributed by atoms with Gasteiger partial charge in [0.05, 0.1) is 4.88 Å². The second kappa shape index (κ2) is 6.06. The van der Waals surface area contributed by atoms with Gasteiger partial charge in [-0.2, -0.15) is 0 Å². The highest BCUT2D eigenvalue weighted by Gasteiger charge is 2.14. The Morgan fingerprint density at radius 3 is 2.28 bits per heavy atom. The molecule has 0 N–H and O–H groups in total. The zero-order valence-corrected chi connectivity index (χ0v) is 14.0. The van der Waals surface area contributed by atoms with E-state index < -0.39 is 0 Å². The average Bonchev–Trinajstić information content (AvgIpc) is 2.64. The van der Waals surface area contributed by atoms with E-state index in [9.17, 15) is 0 Å². The number of hydrogen-bond donors (Lipinski definition) is 0. The fourth-order valence-corrected chi connectivity index (χ4v) is 3.67. The Balaban J connectivity index is 2.47. The molecule has 0 radical (unpaired) electrons. The Morgan fingerprint density at radius 1 is 1.22 bits per heavy atom. The number of halogens is 4. The summed E-state index contributed by atoms with van der Waals surface area (Å²) in [6.07, 6.45) is 1.71. The van der Waals surface area contributed by atoms with Gasteiger partial charge in [0.1, 0.15) is 14.6 Å². The van der Waals surface area contributed by atoms with Crippen LogP contribution in [0, 0.1) is 0 Å². The van der Waals surface area contributed by atoms with Crippen LogP contribution in [0.3, 0.4) is 0 Å². The van der Waals surface area contributed by atoms with Crippen LogP contribution in [0.1, 0.15) is 18.9 Å². The molecule has 0 saturated carbocycles. The quantitative estimate of drug-likeness (QED) is 0.616. The van der Waals surface area contributed by atoms with E-state index in [0.29, 0.717) is 20.5 Å². The molecule has 0 fully saturated rings. The first-order valence-corrected chi connectivity index (χ1v) is 7.94. The number of aromatic nitrogens is 2. The molecule has 0 bridgehead atoms. The minimum absolute atomic E-state index is 0.410. The maximum atomic E-state index is 6.13. The summed E-state index contributed by atoms with van der Waals surface area (Å²) < 4.78 is 1.47. The fraction of sp³-hybridized carbons (Fsp3) is 0.273. The van der Waals surface area contributed by atoms with Crippen LogP contribution in [0.5, 0.6) is 0 Å². The van der Waals surface area contributed by atoms with E-state index in [2.05, 4.69) is 32.8 Å². The zero-order chi connectivity index (χ0) is 13.3. The molecule has 0 aliphatic rings. The Bertz CT molecular complexity index is 543. The molecule has 2 nitrogen and oxygen atoms in total. The molecule has 0 atom stereocenters. The van der Waals surface area contributed by atoms with E-state index in [1.54, 1.807) is 0 Å². The summed E-state index contributed by atoms with van der Waals surface area (Å²) in [5.74, 6) is 0.502. The lowest BCUT2D eigenvalue weighted by atomic mass is 10.2. The van der Waals surface area contributed by atoms with Crippen LogP contribution in [-0.4, -0.2) is 9.97 Å². The lowest BCUT2D eigenvalue weighted by Gasteiger charge is -2.05. The number of rotatable bonds is 3. The largest absolute Gasteiger partial charge is 0.215 e. The van der Waals surface area contributed by atoms with Gasteiger partial charge >= 0.3 is 0 Å². The molecule has 0 aliphatic carbocycles. The summed E-state index contributed by atoms with van der Waals surface area (Å²) in [5, 5.41) is 0.819. The minimum atomic E-state index is 0.410. The summed E-state index contributed by atoms with van der Waals surface area (Å²) in [7, 11) is 0. The molecule has 0 aliphatic heterocycles. The van der Waals surface area contributed by atoms with Crippen LogP contribution in [0.25, 0.3) is 10.7 Å². The summed E-state index contributed by atoms with van der Waals surface area (Å²) in [4.78, 5) is 9.39. The molecule has 0 aromatic carbocycles. The first-order valence-electron chi connectivity index (χ1n) is 5.20. The zero-order valence-electron chi connectivity index (χ0n) is 9.31. The van der Waals surface area contributed by atoms with Crippen molar-refractivity contribution in [3.8, 4) is 10.7 Å². The Labute approximate surface area is 132 Å². The fourth-order valence-electron chi connectivity index (χ4n) is 1.45. The van der Waals surface area contributed by atoms with E-state index in [1.165, 1.54) is 11.3 Å². The summed E-state index contributed by atoms with van der Waals surface area (Å²) in [5.41, 5.74) is 0.798. The van der Waals surface area contributed by atoms with Gasteiger partial charge in [0.25, 0.3) is 0 Å². The molecule has 2 heterocycles. The van der Waals surface area contributed by atoms with Gasteiger partial charge in [0, 0.05) is 10.0 Å². The number of thiophene rings is 1. The third-order valence-electron chi connectivity index (χ3n) is 2.27. The predicted octanol–water partition coefficient (Wildman–Crippen LogP) is 5.88. The maximum Gasteiger partial charge on any atom is 0.172 e. The predicted molar refractivity (Wildman–Crippen MR) is 82.1 cm³/mol. The van der Waals surface area contributed by atoms with E-state index >= 15 is 0 Å². The highest BCUT2D eigenvalue weighted by molar-refractivity contribution is 9.10. The standard InChI is InChI=1S/C11H8BrCl3N2S/c1-2-3-5-8(13)16-11(17-9(5)14)7-4-6(12)10(15)18-7/h4H,2-3H2,1H3. The van der Waals surface area contributed by atoms with Crippen molar-refractivity contribution in [2.45, 2.75) is 19.8 Å².